The summed E-state index contributed by atoms with van der Waals surface area (Å²) in [6, 6.07) is 5.84. The van der Waals surface area contributed by atoms with Gasteiger partial charge < -0.3 is 4.74 Å². The second-order valence-corrected chi connectivity index (χ2v) is 5.86. The van der Waals surface area contributed by atoms with Gasteiger partial charge >= 0.3 is 0 Å². The summed E-state index contributed by atoms with van der Waals surface area (Å²) in [5.41, 5.74) is 2.90. The maximum Gasteiger partial charge on any atom is 0.192 e. The van der Waals surface area contributed by atoms with Crippen molar-refractivity contribution in [1.29, 1.82) is 0 Å². The van der Waals surface area contributed by atoms with Crippen molar-refractivity contribution < 1.29 is 9.53 Å². The number of carbonyl (C=O) groups is 1. The average Bonchev–Trinajstić information content (AvgIpc) is 2.27. The third-order valence-corrected chi connectivity index (χ3v) is 3.15. The van der Waals surface area contributed by atoms with Gasteiger partial charge in [-0.15, -0.1) is 0 Å². The summed E-state index contributed by atoms with van der Waals surface area (Å²) in [5.74, 6) is 0.0763. The number of ether oxygens (including phenoxy) is 1. The van der Waals surface area contributed by atoms with Crippen LogP contribution in [-0.4, -0.2) is 18.5 Å². The van der Waals surface area contributed by atoms with Gasteiger partial charge in [0.1, 0.15) is 6.10 Å². The van der Waals surface area contributed by atoms with E-state index in [0.29, 0.717) is 6.61 Å². The highest BCUT2D eigenvalue weighted by Crippen LogP contribution is 2.26. The molecular weight excluding hydrogens is 224 g/mol. The van der Waals surface area contributed by atoms with Crippen LogP contribution in [0.1, 0.15) is 49.2 Å². The van der Waals surface area contributed by atoms with Gasteiger partial charge in [-0.05, 0) is 43.4 Å². The molecule has 0 spiro atoms. The highest BCUT2D eigenvalue weighted by Gasteiger charge is 2.32. The van der Waals surface area contributed by atoms with Gasteiger partial charge in [-0.25, -0.2) is 0 Å². The smallest absolute Gasteiger partial charge is 0.192 e. The zero-order valence-electron chi connectivity index (χ0n) is 12.3. The highest BCUT2D eigenvalue weighted by molar-refractivity contribution is 6.00. The lowest BCUT2D eigenvalue weighted by Gasteiger charge is -2.29. The standard InChI is InChI=1S/C16H24O2/c1-7-18-15(16(4,5)6)14(17)13-9-8-11(2)12(3)10-13/h8-10,15H,7H2,1-6H3. The molecule has 0 bridgehead atoms. The Morgan fingerprint density at radius 3 is 2.28 bits per heavy atom. The van der Waals surface area contributed by atoms with Gasteiger partial charge in [0, 0.05) is 12.2 Å². The van der Waals surface area contributed by atoms with Crippen molar-refractivity contribution in [2.75, 3.05) is 6.61 Å². The minimum Gasteiger partial charge on any atom is -0.370 e. The van der Waals surface area contributed by atoms with Crippen LogP contribution >= 0.6 is 0 Å². The molecule has 1 unspecified atom stereocenters. The Morgan fingerprint density at radius 1 is 1.22 bits per heavy atom. The minimum absolute atomic E-state index is 0.0763. The first kappa shape index (κ1) is 14.9. The quantitative estimate of drug-likeness (QED) is 0.754. The maximum absolute atomic E-state index is 12.5. The predicted octanol–water partition coefficient (Wildman–Crippen LogP) is 3.94. The second kappa shape index (κ2) is 5.66. The fourth-order valence-electron chi connectivity index (χ4n) is 1.93. The summed E-state index contributed by atoms with van der Waals surface area (Å²) in [5, 5.41) is 0. The Bertz CT molecular complexity index is 427. The van der Waals surface area contributed by atoms with Gasteiger partial charge in [-0.2, -0.15) is 0 Å². The van der Waals surface area contributed by atoms with Gasteiger partial charge in [0.15, 0.2) is 5.78 Å². The number of hydrogen-bond acceptors (Lipinski definition) is 2. The summed E-state index contributed by atoms with van der Waals surface area (Å²) in [6.07, 6.45) is -0.385. The fourth-order valence-corrected chi connectivity index (χ4v) is 1.93. The van der Waals surface area contributed by atoms with Crippen molar-refractivity contribution in [3.05, 3.63) is 34.9 Å². The van der Waals surface area contributed by atoms with Crippen LogP contribution in [-0.2, 0) is 4.74 Å². The van der Waals surface area contributed by atoms with Crippen molar-refractivity contribution in [2.24, 2.45) is 5.41 Å². The van der Waals surface area contributed by atoms with Crippen LogP contribution in [0, 0.1) is 19.3 Å². The van der Waals surface area contributed by atoms with E-state index in [2.05, 4.69) is 0 Å². The van der Waals surface area contributed by atoms with Crippen LogP contribution in [0.25, 0.3) is 0 Å². The van der Waals surface area contributed by atoms with Crippen LogP contribution < -0.4 is 0 Å². The third kappa shape index (κ3) is 3.42. The van der Waals surface area contributed by atoms with E-state index >= 15 is 0 Å². The number of benzene rings is 1. The molecule has 0 aliphatic heterocycles. The summed E-state index contributed by atoms with van der Waals surface area (Å²) < 4.78 is 5.64. The van der Waals surface area contributed by atoms with Gasteiger partial charge in [0.25, 0.3) is 0 Å². The van der Waals surface area contributed by atoms with E-state index in [1.807, 2.05) is 59.7 Å². The van der Waals surface area contributed by atoms with Crippen molar-refractivity contribution >= 4 is 5.78 Å². The van der Waals surface area contributed by atoms with E-state index in [1.165, 1.54) is 5.56 Å². The van der Waals surface area contributed by atoms with Crippen molar-refractivity contribution in [3.8, 4) is 0 Å². The first-order valence-corrected chi connectivity index (χ1v) is 6.50. The average molecular weight is 248 g/mol. The molecule has 0 aromatic heterocycles. The fraction of sp³-hybridized carbons (Fsp3) is 0.562. The molecule has 1 aromatic carbocycles. The lowest BCUT2D eigenvalue weighted by atomic mass is 9.84. The normalized spacial score (nSPS) is 13.4. The molecule has 0 heterocycles. The molecule has 0 saturated heterocycles. The molecule has 0 saturated carbocycles. The lowest BCUT2D eigenvalue weighted by molar-refractivity contribution is -0.000224. The zero-order valence-corrected chi connectivity index (χ0v) is 12.3. The van der Waals surface area contributed by atoms with E-state index in [4.69, 9.17) is 4.74 Å². The molecule has 0 fully saturated rings. The topological polar surface area (TPSA) is 26.3 Å². The molecule has 2 nitrogen and oxygen atoms in total. The Balaban J connectivity index is 3.06. The molecule has 1 atom stereocenters. The molecule has 0 aliphatic carbocycles. The van der Waals surface area contributed by atoms with Gasteiger partial charge in [-0.1, -0.05) is 32.9 Å². The van der Waals surface area contributed by atoms with E-state index in [0.717, 1.165) is 11.1 Å². The Hall–Kier alpha value is -1.15. The summed E-state index contributed by atoms with van der Waals surface area (Å²) in [7, 11) is 0. The van der Waals surface area contributed by atoms with Crippen LogP contribution in [0.5, 0.6) is 0 Å². The first-order valence-electron chi connectivity index (χ1n) is 6.50. The van der Waals surface area contributed by atoms with Crippen LogP contribution in [0.4, 0.5) is 0 Å². The number of ketones is 1. The number of Topliss-reactive ketones (excluding diaryl/α,β-unsaturated/α-hetero) is 1. The molecule has 0 amide bonds. The molecule has 0 radical (unpaired) electrons. The van der Waals surface area contributed by atoms with E-state index in [-0.39, 0.29) is 17.3 Å². The Kier molecular flexibility index (Phi) is 4.69. The van der Waals surface area contributed by atoms with E-state index in [1.54, 1.807) is 0 Å². The van der Waals surface area contributed by atoms with Crippen molar-refractivity contribution in [1.82, 2.24) is 0 Å². The summed E-state index contributed by atoms with van der Waals surface area (Å²) in [6.45, 7) is 12.7. The molecule has 1 aromatic rings. The van der Waals surface area contributed by atoms with E-state index < -0.39 is 0 Å². The molecule has 1 rings (SSSR count). The summed E-state index contributed by atoms with van der Waals surface area (Å²) in [4.78, 5) is 12.5. The van der Waals surface area contributed by atoms with Crippen LogP contribution in [0.3, 0.4) is 0 Å². The van der Waals surface area contributed by atoms with Gasteiger partial charge in [-0.3, -0.25) is 4.79 Å². The van der Waals surface area contributed by atoms with Crippen LogP contribution in [0.2, 0.25) is 0 Å². The lowest BCUT2D eigenvalue weighted by Crippen LogP contribution is -2.37. The Labute approximate surface area is 110 Å². The van der Waals surface area contributed by atoms with Gasteiger partial charge in [0.05, 0.1) is 0 Å². The van der Waals surface area contributed by atoms with Gasteiger partial charge in [0.2, 0.25) is 0 Å². The number of carbonyl (C=O) groups excluding carboxylic acids is 1. The minimum atomic E-state index is -0.385. The zero-order chi connectivity index (χ0) is 13.9. The molecule has 100 valence electrons. The second-order valence-electron chi connectivity index (χ2n) is 5.86. The van der Waals surface area contributed by atoms with E-state index in [9.17, 15) is 4.79 Å². The number of rotatable bonds is 4. The largest absolute Gasteiger partial charge is 0.370 e. The highest BCUT2D eigenvalue weighted by atomic mass is 16.5. The van der Waals surface area contributed by atoms with Crippen LogP contribution in [0.15, 0.2) is 18.2 Å². The third-order valence-electron chi connectivity index (χ3n) is 3.15. The number of aryl methyl sites for hydroxylation is 2. The SMILES string of the molecule is CCOC(C(=O)c1ccc(C)c(C)c1)C(C)(C)C. The monoisotopic (exact) mass is 248 g/mol. The molecule has 0 N–H and O–H groups in total. The summed E-state index contributed by atoms with van der Waals surface area (Å²) >= 11 is 0. The van der Waals surface area contributed by atoms with Crippen molar-refractivity contribution in [3.63, 3.8) is 0 Å². The first-order chi connectivity index (χ1) is 8.27. The number of hydrogen-bond donors (Lipinski definition) is 0. The Morgan fingerprint density at radius 2 is 1.83 bits per heavy atom. The molecular formula is C16H24O2. The maximum atomic E-state index is 12.5. The van der Waals surface area contributed by atoms with Crippen molar-refractivity contribution in [2.45, 2.75) is 47.6 Å². The molecule has 18 heavy (non-hydrogen) atoms. The molecule has 2 heteroatoms. The predicted molar refractivity (Wildman–Crippen MR) is 75.1 cm³/mol. The molecule has 0 aliphatic rings.